The molecule has 0 aromatic rings. The predicted octanol–water partition coefficient (Wildman–Crippen LogP) is 1.57. The quantitative estimate of drug-likeness (QED) is 0.716. The van der Waals surface area contributed by atoms with Crippen molar-refractivity contribution < 1.29 is 14.6 Å². The highest BCUT2D eigenvalue weighted by atomic mass is 16.5. The second-order valence-electron chi connectivity index (χ2n) is 5.72. The normalized spacial score (nSPS) is 15.4. The van der Waals surface area contributed by atoms with Gasteiger partial charge in [-0.15, -0.1) is 0 Å². The number of nitrogens with one attached hydrogen (secondary N) is 1. The molecular formula is C13H27NO3. The van der Waals surface area contributed by atoms with Crippen LogP contribution in [0, 0.1) is 11.3 Å². The Morgan fingerprint density at radius 2 is 2.00 bits per heavy atom. The molecule has 4 heteroatoms. The minimum absolute atomic E-state index is 0.0528. The molecule has 0 rings (SSSR count). The maximum Gasteiger partial charge on any atom is 0.220 e. The van der Waals surface area contributed by atoms with Gasteiger partial charge in [0.15, 0.2) is 0 Å². The average Bonchev–Trinajstić information content (AvgIpc) is 2.16. The summed E-state index contributed by atoms with van der Waals surface area (Å²) in [5.41, 5.74) is 0.146. The van der Waals surface area contributed by atoms with E-state index in [1.54, 1.807) is 7.11 Å². The Hall–Kier alpha value is -0.610. The van der Waals surface area contributed by atoms with Crippen LogP contribution in [0.25, 0.3) is 0 Å². The summed E-state index contributed by atoms with van der Waals surface area (Å²) >= 11 is 0. The summed E-state index contributed by atoms with van der Waals surface area (Å²) < 4.78 is 4.81. The number of aliphatic hydroxyl groups is 1. The number of methoxy groups -OCH3 is 1. The summed E-state index contributed by atoms with van der Waals surface area (Å²) in [5, 5.41) is 12.2. The topological polar surface area (TPSA) is 58.6 Å². The van der Waals surface area contributed by atoms with Gasteiger partial charge in [-0.1, -0.05) is 27.7 Å². The maximum absolute atomic E-state index is 11.6. The van der Waals surface area contributed by atoms with Gasteiger partial charge in [0, 0.05) is 20.1 Å². The fourth-order valence-electron chi connectivity index (χ4n) is 1.31. The number of ether oxygens (including phenoxy) is 1. The van der Waals surface area contributed by atoms with E-state index in [-0.39, 0.29) is 11.3 Å². The number of carbonyl (C=O) groups is 1. The van der Waals surface area contributed by atoms with Gasteiger partial charge in [-0.25, -0.2) is 0 Å². The smallest absolute Gasteiger partial charge is 0.220 e. The van der Waals surface area contributed by atoms with Crippen LogP contribution in [-0.4, -0.2) is 37.4 Å². The van der Waals surface area contributed by atoms with Crippen molar-refractivity contribution in [2.24, 2.45) is 11.3 Å². The Morgan fingerprint density at radius 1 is 1.41 bits per heavy atom. The lowest BCUT2D eigenvalue weighted by molar-refractivity contribution is -0.122. The molecule has 0 heterocycles. The van der Waals surface area contributed by atoms with Gasteiger partial charge in [-0.2, -0.15) is 0 Å². The fraction of sp³-hybridized carbons (Fsp3) is 0.923. The molecule has 4 nitrogen and oxygen atoms in total. The monoisotopic (exact) mass is 245 g/mol. The molecule has 0 aliphatic heterocycles. The molecule has 2 N–H and O–H groups in total. The summed E-state index contributed by atoms with van der Waals surface area (Å²) in [4.78, 5) is 11.6. The molecule has 0 radical (unpaired) electrons. The van der Waals surface area contributed by atoms with Crippen LogP contribution in [0.4, 0.5) is 0 Å². The minimum Gasteiger partial charge on any atom is -0.391 e. The first-order valence-corrected chi connectivity index (χ1v) is 6.21. The summed E-state index contributed by atoms with van der Waals surface area (Å²) in [5.74, 6) is 0.392. The van der Waals surface area contributed by atoms with Crippen molar-refractivity contribution >= 4 is 5.91 Å². The molecular weight excluding hydrogens is 218 g/mol. The van der Waals surface area contributed by atoms with Crippen LogP contribution in [0.15, 0.2) is 0 Å². The molecule has 0 aliphatic rings. The number of hydrogen-bond donors (Lipinski definition) is 2. The molecule has 1 amide bonds. The van der Waals surface area contributed by atoms with Gasteiger partial charge in [0.25, 0.3) is 0 Å². The van der Waals surface area contributed by atoms with Crippen molar-refractivity contribution in [3.8, 4) is 0 Å². The van der Waals surface area contributed by atoms with Crippen LogP contribution in [0.3, 0.4) is 0 Å². The van der Waals surface area contributed by atoms with Crippen molar-refractivity contribution in [1.29, 1.82) is 0 Å². The van der Waals surface area contributed by atoms with Gasteiger partial charge in [0.1, 0.15) is 0 Å². The molecule has 0 saturated heterocycles. The number of aliphatic hydroxyl groups excluding tert-OH is 1. The average molecular weight is 245 g/mol. The standard InChI is InChI=1S/C13H27NO3/c1-10(13(2,3)4)8-12(16)14-7-6-11(15)9-17-5/h10-11,15H,6-9H2,1-5H3,(H,14,16). The van der Waals surface area contributed by atoms with Crippen LogP contribution >= 0.6 is 0 Å². The van der Waals surface area contributed by atoms with E-state index < -0.39 is 6.10 Å². The Labute approximate surface area is 105 Å². The Bertz CT molecular complexity index is 223. The van der Waals surface area contributed by atoms with E-state index in [1.165, 1.54) is 0 Å². The molecule has 0 bridgehead atoms. The van der Waals surface area contributed by atoms with Crippen molar-refractivity contribution in [2.75, 3.05) is 20.3 Å². The number of hydrogen-bond acceptors (Lipinski definition) is 3. The lowest BCUT2D eigenvalue weighted by Crippen LogP contribution is -2.31. The summed E-state index contributed by atoms with van der Waals surface area (Å²) in [6.45, 7) is 9.29. The van der Waals surface area contributed by atoms with E-state index in [0.717, 1.165) is 0 Å². The highest BCUT2D eigenvalue weighted by Crippen LogP contribution is 2.27. The molecule has 2 atom stereocenters. The highest BCUT2D eigenvalue weighted by Gasteiger charge is 2.22. The van der Waals surface area contributed by atoms with Gasteiger partial charge in [-0.05, 0) is 17.8 Å². The van der Waals surface area contributed by atoms with Crippen LogP contribution in [-0.2, 0) is 9.53 Å². The second kappa shape index (κ2) is 7.67. The Morgan fingerprint density at radius 3 is 2.47 bits per heavy atom. The van der Waals surface area contributed by atoms with E-state index in [0.29, 0.717) is 31.9 Å². The molecule has 102 valence electrons. The van der Waals surface area contributed by atoms with Crippen LogP contribution in [0.2, 0.25) is 0 Å². The van der Waals surface area contributed by atoms with E-state index in [4.69, 9.17) is 4.74 Å². The van der Waals surface area contributed by atoms with Gasteiger partial charge >= 0.3 is 0 Å². The zero-order chi connectivity index (χ0) is 13.5. The molecule has 2 unspecified atom stereocenters. The van der Waals surface area contributed by atoms with Crippen LogP contribution in [0.1, 0.15) is 40.5 Å². The SMILES string of the molecule is COCC(O)CCNC(=O)CC(C)C(C)(C)C. The first kappa shape index (κ1) is 16.4. The summed E-state index contributed by atoms with van der Waals surface area (Å²) in [7, 11) is 1.55. The highest BCUT2D eigenvalue weighted by molar-refractivity contribution is 5.76. The molecule has 0 saturated carbocycles. The molecule has 0 aromatic heterocycles. The lowest BCUT2D eigenvalue weighted by atomic mass is 9.80. The third-order valence-corrected chi connectivity index (χ3v) is 3.13. The predicted molar refractivity (Wildman–Crippen MR) is 68.7 cm³/mol. The number of carbonyl (C=O) groups excluding carboxylic acids is 1. The first-order chi connectivity index (χ1) is 7.77. The minimum atomic E-state index is -0.500. The molecule has 0 aromatic carbocycles. The lowest BCUT2D eigenvalue weighted by Gasteiger charge is -2.26. The Balaban J connectivity index is 3.74. The summed E-state index contributed by atoms with van der Waals surface area (Å²) in [6, 6.07) is 0. The molecule has 0 fully saturated rings. The van der Waals surface area contributed by atoms with E-state index in [2.05, 4.69) is 33.0 Å². The van der Waals surface area contributed by atoms with Gasteiger partial charge in [-0.3, -0.25) is 4.79 Å². The van der Waals surface area contributed by atoms with Gasteiger partial charge in [0.2, 0.25) is 5.91 Å². The van der Waals surface area contributed by atoms with E-state index in [9.17, 15) is 9.90 Å². The number of amides is 1. The number of rotatable bonds is 7. The van der Waals surface area contributed by atoms with E-state index >= 15 is 0 Å². The van der Waals surface area contributed by atoms with Crippen LogP contribution in [0.5, 0.6) is 0 Å². The van der Waals surface area contributed by atoms with Crippen molar-refractivity contribution in [3.05, 3.63) is 0 Å². The van der Waals surface area contributed by atoms with Crippen molar-refractivity contribution in [1.82, 2.24) is 5.32 Å². The van der Waals surface area contributed by atoms with Crippen LogP contribution < -0.4 is 5.32 Å². The first-order valence-electron chi connectivity index (χ1n) is 6.21. The van der Waals surface area contributed by atoms with Gasteiger partial charge in [0.05, 0.1) is 12.7 Å². The zero-order valence-electron chi connectivity index (χ0n) is 11.7. The van der Waals surface area contributed by atoms with Crippen molar-refractivity contribution in [3.63, 3.8) is 0 Å². The zero-order valence-corrected chi connectivity index (χ0v) is 11.7. The third kappa shape index (κ3) is 8.16. The Kier molecular flexibility index (Phi) is 7.39. The third-order valence-electron chi connectivity index (χ3n) is 3.13. The van der Waals surface area contributed by atoms with Crippen molar-refractivity contribution in [2.45, 2.75) is 46.6 Å². The molecule has 0 aliphatic carbocycles. The fourth-order valence-corrected chi connectivity index (χ4v) is 1.31. The largest absolute Gasteiger partial charge is 0.391 e. The van der Waals surface area contributed by atoms with E-state index in [1.807, 2.05) is 0 Å². The maximum atomic E-state index is 11.6. The summed E-state index contributed by atoms with van der Waals surface area (Å²) in [6.07, 6.45) is 0.563. The molecule has 17 heavy (non-hydrogen) atoms. The molecule has 0 spiro atoms. The second-order valence-corrected chi connectivity index (χ2v) is 5.72. The van der Waals surface area contributed by atoms with Gasteiger partial charge < -0.3 is 15.2 Å².